The van der Waals surface area contributed by atoms with Crippen LogP contribution in [-0.4, -0.2) is 16.6 Å². The minimum atomic E-state index is -0.539. The van der Waals surface area contributed by atoms with Crippen molar-refractivity contribution in [2.24, 2.45) is 16.2 Å². The minimum Gasteiger partial charge on any atom is -0.305 e. The number of hydrogen-bond acceptors (Lipinski definition) is 4. The number of hydrogen-bond donors (Lipinski definition) is 2. The number of aromatic nitrogens is 1. The molecular formula is C18H14FN5O. The van der Waals surface area contributed by atoms with Crippen molar-refractivity contribution in [2.45, 2.75) is 19.3 Å². The van der Waals surface area contributed by atoms with E-state index in [4.69, 9.17) is 11.3 Å². The first kappa shape index (κ1) is 16.5. The van der Waals surface area contributed by atoms with Crippen molar-refractivity contribution >= 4 is 11.6 Å². The summed E-state index contributed by atoms with van der Waals surface area (Å²) in [6, 6.07) is 7.35. The first-order valence-corrected chi connectivity index (χ1v) is 7.62. The molecule has 7 heteroatoms. The summed E-state index contributed by atoms with van der Waals surface area (Å²) in [6.07, 6.45) is 2.10. The van der Waals surface area contributed by atoms with Crippen molar-refractivity contribution in [3.63, 3.8) is 0 Å². The van der Waals surface area contributed by atoms with E-state index in [9.17, 15) is 9.18 Å². The fourth-order valence-corrected chi connectivity index (χ4v) is 2.62. The molecule has 0 saturated heterocycles. The molecule has 1 aromatic carbocycles. The maximum absolute atomic E-state index is 13.7. The van der Waals surface area contributed by atoms with Gasteiger partial charge in [0.25, 0.3) is 0 Å². The first-order chi connectivity index (χ1) is 12.1. The summed E-state index contributed by atoms with van der Waals surface area (Å²) in [5.41, 5.74) is 2.53. The number of aryl methyl sites for hydroxylation is 1. The van der Waals surface area contributed by atoms with Gasteiger partial charge in [-0.3, -0.25) is 10.2 Å². The van der Waals surface area contributed by atoms with Crippen LogP contribution >= 0.6 is 0 Å². The van der Waals surface area contributed by atoms with Crippen molar-refractivity contribution in [1.29, 1.82) is 5.41 Å². The van der Waals surface area contributed by atoms with Gasteiger partial charge in [-0.1, -0.05) is 11.1 Å². The average Bonchev–Trinajstić information content (AvgIpc) is 2.60. The standard InChI is InChI=1S/C18H14FN5O/c19-13-9-11(8-12(10-13)18(20)23-24-21)4-5-14-6-7-15-16(22-14)2-1-3-17(15)25/h6-10H,1-3H2,(H3,20,21,23). The van der Waals surface area contributed by atoms with Gasteiger partial charge >= 0.3 is 0 Å². The molecule has 0 radical (unpaired) electrons. The highest BCUT2D eigenvalue weighted by Crippen LogP contribution is 2.19. The molecule has 0 aliphatic heterocycles. The van der Waals surface area contributed by atoms with Gasteiger partial charge in [-0.2, -0.15) is 0 Å². The van der Waals surface area contributed by atoms with Crippen LogP contribution in [0, 0.1) is 23.1 Å². The summed E-state index contributed by atoms with van der Waals surface area (Å²) in [5.74, 6) is 9.90. The van der Waals surface area contributed by atoms with Crippen LogP contribution in [0.5, 0.6) is 0 Å². The lowest BCUT2D eigenvalue weighted by molar-refractivity contribution is 0.0971. The van der Waals surface area contributed by atoms with Gasteiger partial charge in [0.1, 0.15) is 11.5 Å². The molecule has 0 unspecified atom stereocenters. The van der Waals surface area contributed by atoms with E-state index < -0.39 is 5.82 Å². The molecule has 2 aromatic rings. The van der Waals surface area contributed by atoms with E-state index in [-0.39, 0.29) is 17.2 Å². The molecule has 3 rings (SSSR count). The van der Waals surface area contributed by atoms with Crippen LogP contribution in [0.3, 0.4) is 0 Å². The molecule has 1 aliphatic rings. The summed E-state index contributed by atoms with van der Waals surface area (Å²) in [6.45, 7) is 0. The Balaban J connectivity index is 1.91. The molecule has 6 nitrogen and oxygen atoms in total. The third-order valence-electron chi connectivity index (χ3n) is 3.76. The molecule has 0 bridgehead atoms. The third-order valence-corrected chi connectivity index (χ3v) is 3.76. The zero-order valence-electron chi connectivity index (χ0n) is 13.2. The summed E-state index contributed by atoms with van der Waals surface area (Å²) < 4.78 is 13.7. The summed E-state index contributed by atoms with van der Waals surface area (Å²) in [5, 5.41) is 14.0. The van der Waals surface area contributed by atoms with Crippen LogP contribution in [0.2, 0.25) is 0 Å². The largest absolute Gasteiger partial charge is 0.305 e. The Labute approximate surface area is 143 Å². The zero-order valence-corrected chi connectivity index (χ0v) is 13.2. The van der Waals surface area contributed by atoms with Gasteiger partial charge in [-0.05, 0) is 49.1 Å². The number of benzene rings is 1. The number of rotatable bonds is 1. The van der Waals surface area contributed by atoms with Crippen LogP contribution < -0.4 is 5.84 Å². The SMILES string of the molecule is N=C(N=NN)c1cc(F)cc(C#Cc2ccc3c(n2)CCCC3=O)c1. The molecule has 0 amide bonds. The van der Waals surface area contributed by atoms with Gasteiger partial charge < -0.3 is 5.84 Å². The Hall–Kier alpha value is -3.40. The van der Waals surface area contributed by atoms with Gasteiger partial charge in [0.05, 0.1) is 5.69 Å². The number of carbonyl (C=O) groups is 1. The third kappa shape index (κ3) is 3.75. The Morgan fingerprint density at radius 2 is 2.08 bits per heavy atom. The van der Waals surface area contributed by atoms with E-state index in [1.807, 2.05) is 0 Å². The number of amidine groups is 1. The van der Waals surface area contributed by atoms with Crippen LogP contribution in [0.25, 0.3) is 0 Å². The monoisotopic (exact) mass is 335 g/mol. The van der Waals surface area contributed by atoms with Crippen molar-refractivity contribution in [3.05, 3.63) is 64.2 Å². The lowest BCUT2D eigenvalue weighted by atomic mass is 9.94. The van der Waals surface area contributed by atoms with Crippen LogP contribution in [0.15, 0.2) is 40.7 Å². The lowest BCUT2D eigenvalue weighted by Gasteiger charge is -2.12. The molecular weight excluding hydrogens is 321 g/mol. The fourth-order valence-electron chi connectivity index (χ4n) is 2.62. The van der Waals surface area contributed by atoms with Crippen molar-refractivity contribution in [1.82, 2.24) is 4.98 Å². The van der Waals surface area contributed by atoms with Gasteiger partial charge in [0, 0.05) is 23.1 Å². The zero-order chi connectivity index (χ0) is 17.8. The van der Waals surface area contributed by atoms with Gasteiger partial charge in [0.2, 0.25) is 0 Å². The Bertz CT molecular complexity index is 956. The quantitative estimate of drug-likeness (QED) is 0.209. The molecule has 0 spiro atoms. The normalized spacial score (nSPS) is 13.2. The second-order valence-electron chi connectivity index (χ2n) is 5.51. The topological polar surface area (TPSA) is 105 Å². The van der Waals surface area contributed by atoms with Crippen molar-refractivity contribution < 1.29 is 9.18 Å². The number of pyridine rings is 1. The number of Topliss-reactive ketones (excluding diaryl/α,β-unsaturated/α-hetero) is 1. The maximum atomic E-state index is 13.7. The maximum Gasteiger partial charge on any atom is 0.176 e. The number of nitrogens with two attached hydrogens (primary N) is 1. The van der Waals surface area contributed by atoms with E-state index in [0.717, 1.165) is 24.6 Å². The van der Waals surface area contributed by atoms with Crippen LogP contribution in [-0.2, 0) is 6.42 Å². The molecule has 124 valence electrons. The second-order valence-corrected chi connectivity index (χ2v) is 5.51. The van der Waals surface area contributed by atoms with Crippen LogP contribution in [0.4, 0.5) is 4.39 Å². The Morgan fingerprint density at radius 3 is 2.88 bits per heavy atom. The highest BCUT2D eigenvalue weighted by Gasteiger charge is 2.17. The van der Waals surface area contributed by atoms with Crippen molar-refractivity contribution in [2.75, 3.05) is 0 Å². The molecule has 0 atom stereocenters. The summed E-state index contributed by atoms with van der Waals surface area (Å²) >= 11 is 0. The summed E-state index contributed by atoms with van der Waals surface area (Å²) in [7, 11) is 0. The lowest BCUT2D eigenvalue weighted by Crippen LogP contribution is -2.12. The Kier molecular flexibility index (Phi) is 4.61. The number of nitrogens with zero attached hydrogens (tertiary/aromatic N) is 3. The number of carbonyl (C=O) groups excluding carboxylic acids is 1. The minimum absolute atomic E-state index is 0.107. The average molecular weight is 335 g/mol. The van der Waals surface area contributed by atoms with E-state index in [0.29, 0.717) is 23.2 Å². The van der Waals surface area contributed by atoms with Crippen molar-refractivity contribution in [3.8, 4) is 11.8 Å². The Morgan fingerprint density at radius 1 is 1.24 bits per heavy atom. The highest BCUT2D eigenvalue weighted by molar-refractivity contribution is 5.98. The number of ketones is 1. The van der Waals surface area contributed by atoms with E-state index in [1.165, 1.54) is 12.1 Å². The van der Waals surface area contributed by atoms with Gasteiger partial charge in [-0.15, -0.1) is 5.11 Å². The smallest absolute Gasteiger partial charge is 0.176 e. The van der Waals surface area contributed by atoms with E-state index >= 15 is 0 Å². The number of nitrogens with one attached hydrogen (secondary N) is 1. The second kappa shape index (κ2) is 7.01. The highest BCUT2D eigenvalue weighted by atomic mass is 19.1. The molecule has 1 aliphatic carbocycles. The molecule has 25 heavy (non-hydrogen) atoms. The number of fused-ring (bicyclic) bond motifs is 1. The molecule has 3 N–H and O–H groups in total. The molecule has 1 heterocycles. The van der Waals surface area contributed by atoms with E-state index in [2.05, 4.69) is 27.2 Å². The first-order valence-electron chi connectivity index (χ1n) is 7.62. The number of halogens is 1. The predicted octanol–water partition coefficient (Wildman–Crippen LogP) is 2.79. The molecule has 1 aromatic heterocycles. The predicted molar refractivity (Wildman–Crippen MR) is 89.8 cm³/mol. The van der Waals surface area contributed by atoms with Gasteiger partial charge in [0.15, 0.2) is 11.6 Å². The molecule has 0 saturated carbocycles. The van der Waals surface area contributed by atoms with E-state index in [1.54, 1.807) is 12.1 Å². The van der Waals surface area contributed by atoms with Crippen LogP contribution in [0.1, 0.15) is 45.7 Å². The fraction of sp³-hybridized carbons (Fsp3) is 0.167. The molecule has 0 fully saturated rings. The van der Waals surface area contributed by atoms with Gasteiger partial charge in [-0.25, -0.2) is 9.37 Å². The summed E-state index contributed by atoms with van der Waals surface area (Å²) in [4.78, 5) is 16.2.